The van der Waals surface area contributed by atoms with Crippen molar-refractivity contribution >= 4 is 17.7 Å². The van der Waals surface area contributed by atoms with Gasteiger partial charge in [0.1, 0.15) is 11.5 Å². The lowest BCUT2D eigenvalue weighted by Crippen LogP contribution is -2.08. The molecule has 0 aliphatic carbocycles. The average Bonchev–Trinajstić information content (AvgIpc) is 2.54. The van der Waals surface area contributed by atoms with Gasteiger partial charge in [-0.3, -0.25) is 4.79 Å². The molecule has 0 aromatic heterocycles. The van der Waals surface area contributed by atoms with Crippen LogP contribution in [0.3, 0.4) is 0 Å². The lowest BCUT2D eigenvalue weighted by atomic mass is 10.1. The van der Waals surface area contributed by atoms with Crippen molar-refractivity contribution in [1.29, 1.82) is 0 Å². The summed E-state index contributed by atoms with van der Waals surface area (Å²) in [7, 11) is 0. The fourth-order valence-corrected chi connectivity index (χ4v) is 1.90. The van der Waals surface area contributed by atoms with Crippen LogP contribution in [0.25, 0.3) is 6.08 Å². The van der Waals surface area contributed by atoms with Crippen LogP contribution in [0.4, 0.5) is 23.2 Å². The van der Waals surface area contributed by atoms with Gasteiger partial charge in [0.05, 0.1) is 0 Å². The van der Waals surface area contributed by atoms with Crippen LogP contribution < -0.4 is 14.8 Å². The number of carbonyl (C=O) groups excluding carboxylic acids is 1. The highest BCUT2D eigenvalue weighted by Gasteiger charge is 2.12. The Morgan fingerprint density at radius 2 is 1.64 bits per heavy atom. The van der Waals surface area contributed by atoms with E-state index in [-0.39, 0.29) is 11.3 Å². The summed E-state index contributed by atoms with van der Waals surface area (Å²) >= 11 is 0. The summed E-state index contributed by atoms with van der Waals surface area (Å²) in [5, 5.41) is 2.57. The normalized spacial score (nSPS) is 11.1. The number of benzene rings is 2. The number of hydrogen-bond acceptors (Lipinski definition) is 3. The van der Waals surface area contributed by atoms with Crippen LogP contribution in [-0.4, -0.2) is 19.1 Å². The van der Waals surface area contributed by atoms with Crippen molar-refractivity contribution in [1.82, 2.24) is 0 Å². The predicted octanol–water partition coefficient (Wildman–Crippen LogP) is 4.54. The molecule has 2 aromatic rings. The highest BCUT2D eigenvalue weighted by Crippen LogP contribution is 2.28. The minimum absolute atomic E-state index is 0.102. The first kappa shape index (κ1) is 18.3. The zero-order chi connectivity index (χ0) is 18.2. The molecule has 0 saturated heterocycles. The molecule has 1 amide bonds. The summed E-state index contributed by atoms with van der Waals surface area (Å²) in [5.41, 5.74) is 0.659. The maximum Gasteiger partial charge on any atom is 0.387 e. The van der Waals surface area contributed by atoms with Gasteiger partial charge >= 0.3 is 13.2 Å². The van der Waals surface area contributed by atoms with Crippen molar-refractivity contribution in [3.05, 3.63) is 60.2 Å². The molecule has 0 unspecified atom stereocenters. The third-order valence-electron chi connectivity index (χ3n) is 2.88. The molecule has 2 aromatic carbocycles. The molecule has 25 heavy (non-hydrogen) atoms. The van der Waals surface area contributed by atoms with Gasteiger partial charge in [0.2, 0.25) is 5.91 Å². The van der Waals surface area contributed by atoms with Crippen molar-refractivity contribution in [2.75, 3.05) is 5.32 Å². The number of halogens is 4. The summed E-state index contributed by atoms with van der Waals surface area (Å²) in [5.74, 6) is -1.23. The third-order valence-corrected chi connectivity index (χ3v) is 2.88. The van der Waals surface area contributed by atoms with Crippen molar-refractivity contribution in [2.24, 2.45) is 0 Å². The zero-order valence-electron chi connectivity index (χ0n) is 12.7. The summed E-state index contributed by atoms with van der Waals surface area (Å²) in [6.07, 6.45) is 2.33. The molecule has 0 aliphatic heterocycles. The number of hydrogen-bond donors (Lipinski definition) is 1. The number of rotatable bonds is 7. The van der Waals surface area contributed by atoms with Gasteiger partial charge in [0.25, 0.3) is 0 Å². The molecule has 0 spiro atoms. The molecule has 4 nitrogen and oxygen atoms in total. The zero-order valence-corrected chi connectivity index (χ0v) is 12.7. The van der Waals surface area contributed by atoms with Crippen molar-refractivity contribution < 1.29 is 31.8 Å². The van der Waals surface area contributed by atoms with Crippen LogP contribution in [0.1, 0.15) is 5.56 Å². The summed E-state index contributed by atoms with van der Waals surface area (Å²) in [6.45, 7) is -6.26. The monoisotopic (exact) mass is 355 g/mol. The van der Waals surface area contributed by atoms with Crippen LogP contribution in [0.5, 0.6) is 11.5 Å². The highest BCUT2D eigenvalue weighted by molar-refractivity contribution is 6.02. The molecule has 132 valence electrons. The Kier molecular flexibility index (Phi) is 6.39. The number of alkyl halides is 4. The molecule has 1 N–H and O–H groups in total. The molecule has 0 atom stereocenters. The number of amides is 1. The third kappa shape index (κ3) is 6.17. The standard InChI is InChI=1S/C17H13F4NO3/c18-16(19)24-13-8-6-11(14(10-13)25-17(20)21)7-9-15(23)22-12-4-2-1-3-5-12/h1-10,16-17H,(H,22,23)/b9-7+. The topological polar surface area (TPSA) is 47.6 Å². The lowest BCUT2D eigenvalue weighted by Gasteiger charge is -2.11. The van der Waals surface area contributed by atoms with Gasteiger partial charge in [-0.2, -0.15) is 17.6 Å². The molecule has 0 radical (unpaired) electrons. The second kappa shape index (κ2) is 8.72. The lowest BCUT2D eigenvalue weighted by molar-refractivity contribution is -0.111. The van der Waals surface area contributed by atoms with Crippen LogP contribution in [-0.2, 0) is 4.79 Å². The van der Waals surface area contributed by atoms with Gasteiger partial charge in [0.15, 0.2) is 0 Å². The van der Waals surface area contributed by atoms with Crippen molar-refractivity contribution in [2.45, 2.75) is 13.2 Å². The largest absolute Gasteiger partial charge is 0.435 e. The Morgan fingerprint density at radius 1 is 0.960 bits per heavy atom. The summed E-state index contributed by atoms with van der Waals surface area (Å²) in [6, 6.07) is 11.9. The maximum absolute atomic E-state index is 12.5. The number of ether oxygens (including phenoxy) is 2. The Bertz CT molecular complexity index is 736. The number of nitrogens with one attached hydrogen (secondary N) is 1. The second-order valence-electron chi connectivity index (χ2n) is 4.65. The van der Waals surface area contributed by atoms with E-state index in [1.165, 1.54) is 12.1 Å². The highest BCUT2D eigenvalue weighted by atomic mass is 19.3. The first-order valence-electron chi connectivity index (χ1n) is 7.02. The molecule has 0 bridgehead atoms. The van der Waals surface area contributed by atoms with Gasteiger partial charge in [-0.05, 0) is 30.3 Å². The van der Waals surface area contributed by atoms with E-state index < -0.39 is 24.9 Å². The molecular weight excluding hydrogens is 342 g/mol. The van der Waals surface area contributed by atoms with E-state index in [1.807, 2.05) is 0 Å². The van der Waals surface area contributed by atoms with Crippen molar-refractivity contribution in [3.8, 4) is 11.5 Å². The number of anilines is 1. The minimum Gasteiger partial charge on any atom is -0.435 e. The van der Waals surface area contributed by atoms with Crippen LogP contribution >= 0.6 is 0 Å². The Hall–Kier alpha value is -3.03. The van der Waals surface area contributed by atoms with Gasteiger partial charge in [-0.25, -0.2) is 0 Å². The molecule has 0 aliphatic rings. The van der Waals surface area contributed by atoms with E-state index in [2.05, 4.69) is 14.8 Å². The Morgan fingerprint density at radius 3 is 2.28 bits per heavy atom. The summed E-state index contributed by atoms with van der Waals surface area (Å²) in [4.78, 5) is 11.8. The van der Waals surface area contributed by atoms with E-state index in [4.69, 9.17) is 0 Å². The smallest absolute Gasteiger partial charge is 0.387 e. The molecule has 0 fully saturated rings. The first-order valence-corrected chi connectivity index (χ1v) is 7.02. The second-order valence-corrected chi connectivity index (χ2v) is 4.65. The minimum atomic E-state index is -3.16. The van der Waals surface area contributed by atoms with E-state index in [9.17, 15) is 22.4 Å². The van der Waals surface area contributed by atoms with Gasteiger partial charge < -0.3 is 14.8 Å². The Balaban J connectivity index is 2.14. The van der Waals surface area contributed by atoms with E-state index in [0.29, 0.717) is 5.69 Å². The molecule has 0 saturated carbocycles. The van der Waals surface area contributed by atoms with Gasteiger partial charge in [-0.1, -0.05) is 18.2 Å². The average molecular weight is 355 g/mol. The summed E-state index contributed by atoms with van der Waals surface area (Å²) < 4.78 is 57.7. The van der Waals surface area contributed by atoms with Crippen LogP contribution in [0.2, 0.25) is 0 Å². The van der Waals surface area contributed by atoms with Gasteiger partial charge in [-0.15, -0.1) is 0 Å². The maximum atomic E-state index is 12.5. The quantitative estimate of drug-likeness (QED) is 0.586. The predicted molar refractivity (Wildman–Crippen MR) is 83.8 cm³/mol. The van der Waals surface area contributed by atoms with Gasteiger partial charge in [0, 0.05) is 23.4 Å². The number of para-hydroxylation sites is 1. The van der Waals surface area contributed by atoms with Crippen molar-refractivity contribution in [3.63, 3.8) is 0 Å². The molecule has 0 heterocycles. The fraction of sp³-hybridized carbons (Fsp3) is 0.118. The van der Waals surface area contributed by atoms with E-state index in [0.717, 1.165) is 18.2 Å². The molecule has 8 heteroatoms. The number of carbonyl (C=O) groups is 1. The molecular formula is C17H13F4NO3. The molecule has 2 rings (SSSR count). The first-order chi connectivity index (χ1) is 11.9. The van der Waals surface area contributed by atoms with E-state index in [1.54, 1.807) is 30.3 Å². The van der Waals surface area contributed by atoms with E-state index >= 15 is 0 Å². The Labute approximate surface area is 140 Å². The van der Waals surface area contributed by atoms with Crippen LogP contribution in [0, 0.1) is 0 Å². The fourth-order valence-electron chi connectivity index (χ4n) is 1.90. The van der Waals surface area contributed by atoms with Crippen LogP contribution in [0.15, 0.2) is 54.6 Å². The SMILES string of the molecule is O=C(/C=C/c1ccc(OC(F)F)cc1OC(F)F)Nc1ccccc1.